The molecule has 0 amide bonds. The molecule has 0 aliphatic rings. The van der Waals surface area contributed by atoms with Gasteiger partial charge in [-0.25, -0.2) is 4.98 Å². The second-order valence-corrected chi connectivity index (χ2v) is 7.46. The molecular weight excluding hydrogens is 316 g/mol. The minimum Gasteiger partial charge on any atom is -0.346 e. The lowest BCUT2D eigenvalue weighted by Gasteiger charge is -2.03. The molecule has 3 heterocycles. The summed E-state index contributed by atoms with van der Waals surface area (Å²) in [7, 11) is 0. The van der Waals surface area contributed by atoms with Gasteiger partial charge in [0.15, 0.2) is 0 Å². The number of benzene rings is 1. The van der Waals surface area contributed by atoms with Crippen molar-refractivity contribution in [1.82, 2.24) is 9.97 Å². The molecule has 0 saturated carbocycles. The summed E-state index contributed by atoms with van der Waals surface area (Å²) in [6.07, 6.45) is 4.26. The van der Waals surface area contributed by atoms with Gasteiger partial charge in [-0.2, -0.15) is 0 Å². The number of nitrogens with zero attached hydrogens (tertiary/aromatic N) is 1. The normalized spacial score (nSPS) is 11.6. The minimum absolute atomic E-state index is 0.0497. The van der Waals surface area contributed by atoms with Crippen molar-refractivity contribution in [1.29, 1.82) is 0 Å². The Bertz CT molecular complexity index is 1010. The van der Waals surface area contributed by atoms with E-state index in [1.807, 2.05) is 26.2 Å². The summed E-state index contributed by atoms with van der Waals surface area (Å²) in [6, 6.07) is 12.7. The number of hydrogen-bond acceptors (Lipinski definition) is 3. The first-order chi connectivity index (χ1) is 11.6. The van der Waals surface area contributed by atoms with Crippen molar-refractivity contribution >= 4 is 38.2 Å². The Balaban J connectivity index is 1.78. The molecule has 0 radical (unpaired) electrons. The second-order valence-electron chi connectivity index (χ2n) is 6.38. The first-order valence-corrected chi connectivity index (χ1v) is 8.91. The van der Waals surface area contributed by atoms with Gasteiger partial charge in [0.25, 0.3) is 0 Å². The van der Waals surface area contributed by atoms with Crippen LogP contribution in [0.3, 0.4) is 0 Å². The van der Waals surface area contributed by atoms with Crippen LogP contribution in [0.5, 0.6) is 0 Å². The van der Waals surface area contributed by atoms with Gasteiger partial charge in [0.05, 0.1) is 0 Å². The number of aromatic amines is 1. The Morgan fingerprint density at radius 1 is 1.25 bits per heavy atom. The Morgan fingerprint density at radius 2 is 2.08 bits per heavy atom. The molecule has 1 N–H and O–H groups in total. The summed E-state index contributed by atoms with van der Waals surface area (Å²) >= 11 is 1.77. The van der Waals surface area contributed by atoms with Crippen molar-refractivity contribution < 1.29 is 4.79 Å². The number of carbonyl (C=O) groups excluding carboxylic acids is 1. The highest BCUT2D eigenvalue weighted by Crippen LogP contribution is 2.34. The van der Waals surface area contributed by atoms with E-state index < -0.39 is 0 Å². The number of pyridine rings is 1. The smallest absolute Gasteiger partial charge is 0.139 e. The summed E-state index contributed by atoms with van der Waals surface area (Å²) in [4.78, 5) is 21.0. The molecule has 0 atom stereocenters. The van der Waals surface area contributed by atoms with Crippen LogP contribution in [0.15, 0.2) is 48.8 Å². The second kappa shape index (κ2) is 5.87. The fourth-order valence-corrected chi connectivity index (χ4v) is 3.90. The van der Waals surface area contributed by atoms with E-state index in [9.17, 15) is 4.79 Å². The summed E-state index contributed by atoms with van der Waals surface area (Å²) in [5, 5.41) is 2.29. The van der Waals surface area contributed by atoms with Crippen LogP contribution in [0, 0.1) is 5.92 Å². The maximum atomic E-state index is 12.1. The zero-order valence-electron chi connectivity index (χ0n) is 13.7. The molecule has 0 unspecified atom stereocenters. The third-order valence-electron chi connectivity index (χ3n) is 4.34. The lowest BCUT2D eigenvalue weighted by molar-refractivity contribution is -0.121. The molecule has 4 rings (SSSR count). The Hall–Kier alpha value is -2.46. The summed E-state index contributed by atoms with van der Waals surface area (Å²) in [5.41, 5.74) is 2.96. The monoisotopic (exact) mass is 334 g/mol. The van der Waals surface area contributed by atoms with Crippen molar-refractivity contribution in [3.8, 4) is 10.4 Å². The number of nitrogens with one attached hydrogen (secondary N) is 1. The maximum Gasteiger partial charge on any atom is 0.139 e. The van der Waals surface area contributed by atoms with Gasteiger partial charge < -0.3 is 4.98 Å². The van der Waals surface area contributed by atoms with Gasteiger partial charge in [-0.15, -0.1) is 11.3 Å². The fraction of sp³-hybridized carbons (Fsp3) is 0.200. The van der Waals surface area contributed by atoms with Crippen LogP contribution in [0.4, 0.5) is 0 Å². The van der Waals surface area contributed by atoms with Crippen molar-refractivity contribution in [3.05, 3.63) is 54.4 Å². The lowest BCUT2D eigenvalue weighted by atomic mass is 10.0. The quantitative estimate of drug-likeness (QED) is 0.556. The number of Topliss-reactive ketones (excluding diaryl/α,β-unsaturated/α-hetero) is 1. The van der Waals surface area contributed by atoms with Crippen LogP contribution in [0.1, 0.15) is 19.4 Å². The summed E-state index contributed by atoms with van der Waals surface area (Å²) < 4.78 is 1.27. The summed E-state index contributed by atoms with van der Waals surface area (Å²) in [6.45, 7) is 3.89. The molecule has 0 aliphatic heterocycles. The van der Waals surface area contributed by atoms with E-state index in [1.54, 1.807) is 11.3 Å². The zero-order valence-corrected chi connectivity index (χ0v) is 14.5. The van der Waals surface area contributed by atoms with E-state index in [1.165, 1.54) is 15.0 Å². The highest BCUT2D eigenvalue weighted by molar-refractivity contribution is 7.22. The van der Waals surface area contributed by atoms with E-state index in [2.05, 4.69) is 46.4 Å². The molecule has 3 aromatic heterocycles. The molecule has 0 bridgehead atoms. The molecule has 3 nitrogen and oxygen atoms in total. The zero-order chi connectivity index (χ0) is 16.7. The number of rotatable bonds is 4. The number of carbonyl (C=O) groups is 1. The van der Waals surface area contributed by atoms with Gasteiger partial charge in [-0.1, -0.05) is 32.0 Å². The summed E-state index contributed by atoms with van der Waals surface area (Å²) in [5.74, 6) is 0.303. The Labute approximate surface area is 144 Å². The maximum absolute atomic E-state index is 12.1. The first-order valence-electron chi connectivity index (χ1n) is 8.09. The first kappa shape index (κ1) is 15.1. The number of thiophene rings is 1. The van der Waals surface area contributed by atoms with Crippen molar-refractivity contribution in [3.63, 3.8) is 0 Å². The molecule has 4 aromatic rings. The van der Waals surface area contributed by atoms with Gasteiger partial charge in [-0.3, -0.25) is 4.79 Å². The van der Waals surface area contributed by atoms with Gasteiger partial charge in [0.1, 0.15) is 11.4 Å². The molecule has 120 valence electrons. The van der Waals surface area contributed by atoms with E-state index in [4.69, 9.17) is 0 Å². The molecule has 0 aliphatic carbocycles. The largest absolute Gasteiger partial charge is 0.346 e. The molecule has 0 fully saturated rings. The lowest BCUT2D eigenvalue weighted by Crippen LogP contribution is -2.09. The van der Waals surface area contributed by atoms with Gasteiger partial charge in [0, 0.05) is 45.3 Å². The number of ketones is 1. The molecule has 4 heteroatoms. The standard InChI is InChI=1S/C20H18N2OS/c1-12(2)17(23)8-14-10-21-20-16(14)7-15(11-22-20)19-9-13-5-3-4-6-18(13)24-19/h3-7,9-12H,8H2,1-2H3,(H,21,22). The highest BCUT2D eigenvalue weighted by atomic mass is 32.1. The van der Waals surface area contributed by atoms with E-state index in [0.717, 1.165) is 22.2 Å². The number of H-pyrrole nitrogens is 1. The van der Waals surface area contributed by atoms with Crippen LogP contribution in [-0.2, 0) is 11.2 Å². The van der Waals surface area contributed by atoms with Crippen LogP contribution < -0.4 is 0 Å². The topological polar surface area (TPSA) is 45.8 Å². The molecule has 0 saturated heterocycles. The van der Waals surface area contributed by atoms with Gasteiger partial charge >= 0.3 is 0 Å². The van der Waals surface area contributed by atoms with Crippen LogP contribution >= 0.6 is 11.3 Å². The van der Waals surface area contributed by atoms with E-state index >= 15 is 0 Å². The fourth-order valence-electron chi connectivity index (χ4n) is 2.85. The molecule has 1 aromatic carbocycles. The predicted molar refractivity (Wildman–Crippen MR) is 100 cm³/mol. The number of fused-ring (bicyclic) bond motifs is 2. The molecule has 0 spiro atoms. The van der Waals surface area contributed by atoms with E-state index in [-0.39, 0.29) is 11.7 Å². The van der Waals surface area contributed by atoms with Crippen LogP contribution in [-0.4, -0.2) is 15.8 Å². The average molecular weight is 334 g/mol. The Kier molecular flexibility index (Phi) is 3.69. The van der Waals surface area contributed by atoms with Gasteiger partial charge in [-0.05, 0) is 29.1 Å². The van der Waals surface area contributed by atoms with E-state index in [0.29, 0.717) is 6.42 Å². The number of hydrogen-bond donors (Lipinski definition) is 1. The number of aromatic nitrogens is 2. The predicted octanol–water partition coefficient (Wildman–Crippen LogP) is 5.21. The average Bonchev–Trinajstić information content (AvgIpc) is 3.18. The van der Waals surface area contributed by atoms with Crippen molar-refractivity contribution in [2.24, 2.45) is 5.92 Å². The third kappa shape index (κ3) is 2.63. The molecular formula is C20H18N2OS. The Morgan fingerprint density at radius 3 is 2.88 bits per heavy atom. The third-order valence-corrected chi connectivity index (χ3v) is 5.50. The highest BCUT2D eigenvalue weighted by Gasteiger charge is 2.14. The van der Waals surface area contributed by atoms with Crippen LogP contribution in [0.2, 0.25) is 0 Å². The molecule has 24 heavy (non-hydrogen) atoms. The van der Waals surface area contributed by atoms with Gasteiger partial charge in [0.2, 0.25) is 0 Å². The van der Waals surface area contributed by atoms with Crippen molar-refractivity contribution in [2.75, 3.05) is 0 Å². The minimum atomic E-state index is 0.0497. The van der Waals surface area contributed by atoms with Crippen molar-refractivity contribution in [2.45, 2.75) is 20.3 Å². The van der Waals surface area contributed by atoms with Crippen LogP contribution in [0.25, 0.3) is 31.6 Å². The SMILES string of the molecule is CC(C)C(=O)Cc1c[nH]c2ncc(-c3cc4ccccc4s3)cc12.